The Hall–Kier alpha value is -3.23. The number of amides is 3. The van der Waals surface area contributed by atoms with Gasteiger partial charge in [0.05, 0.1) is 12.6 Å². The van der Waals surface area contributed by atoms with Gasteiger partial charge in [-0.25, -0.2) is 9.18 Å². The minimum absolute atomic E-state index is 0.0802. The molecule has 1 fully saturated rings. The van der Waals surface area contributed by atoms with Gasteiger partial charge in [-0.3, -0.25) is 4.79 Å². The summed E-state index contributed by atoms with van der Waals surface area (Å²) < 4.78 is 19.2. The van der Waals surface area contributed by atoms with Crippen molar-refractivity contribution < 1.29 is 18.7 Å². The number of carbonyl (C=O) groups is 2. The van der Waals surface area contributed by atoms with E-state index >= 15 is 0 Å². The summed E-state index contributed by atoms with van der Waals surface area (Å²) >= 11 is 1.60. The molecule has 4 rings (SSSR count). The number of aryl methyl sites for hydroxylation is 2. The fourth-order valence-corrected chi connectivity index (χ4v) is 5.14. The molecular weight excluding hydrogens is 477 g/mol. The third kappa shape index (κ3) is 7.15. The number of hydrogen-bond donors (Lipinski definition) is 1. The van der Waals surface area contributed by atoms with Crippen molar-refractivity contribution in [2.45, 2.75) is 45.9 Å². The monoisotopic (exact) mass is 509 g/mol. The molecule has 0 saturated carbocycles. The fraction of sp³-hybridized carbons (Fsp3) is 0.357. The lowest BCUT2D eigenvalue weighted by molar-refractivity contribution is -0.133. The lowest BCUT2D eigenvalue weighted by Crippen LogP contribution is -2.46. The van der Waals surface area contributed by atoms with Crippen LogP contribution in [0.3, 0.4) is 0 Å². The Kier molecular flexibility index (Phi) is 8.72. The van der Waals surface area contributed by atoms with Gasteiger partial charge in [-0.2, -0.15) is 0 Å². The Bertz CT molecular complexity index is 1170. The average Bonchev–Trinajstić information content (AvgIpc) is 3.51. The first-order valence-electron chi connectivity index (χ1n) is 12.2. The van der Waals surface area contributed by atoms with E-state index in [1.165, 1.54) is 12.1 Å². The van der Waals surface area contributed by atoms with Crippen molar-refractivity contribution in [3.63, 3.8) is 0 Å². The number of nitrogens with zero attached hydrogens (tertiary/aromatic N) is 2. The SMILES string of the molecule is Cc1cccc(NC(=O)N(CC(=O)N(Cc2ccc(F)cc2)Cc2sccc2C)CC2CCCO2)c1. The van der Waals surface area contributed by atoms with Gasteiger partial charge in [-0.1, -0.05) is 24.3 Å². The van der Waals surface area contributed by atoms with Crippen molar-refractivity contribution in [3.8, 4) is 0 Å². The number of benzene rings is 2. The molecule has 6 nitrogen and oxygen atoms in total. The molecule has 0 aliphatic carbocycles. The van der Waals surface area contributed by atoms with Gasteiger partial charge in [0.25, 0.3) is 0 Å². The predicted octanol–water partition coefficient (Wildman–Crippen LogP) is 5.75. The number of hydrogen-bond acceptors (Lipinski definition) is 4. The zero-order chi connectivity index (χ0) is 25.5. The lowest BCUT2D eigenvalue weighted by Gasteiger charge is -2.29. The molecule has 190 valence electrons. The van der Waals surface area contributed by atoms with E-state index in [4.69, 9.17) is 4.74 Å². The van der Waals surface area contributed by atoms with Crippen LogP contribution < -0.4 is 5.32 Å². The van der Waals surface area contributed by atoms with Gasteiger partial charge in [-0.15, -0.1) is 11.3 Å². The highest BCUT2D eigenvalue weighted by Crippen LogP contribution is 2.21. The Balaban J connectivity index is 1.52. The summed E-state index contributed by atoms with van der Waals surface area (Å²) in [5, 5.41) is 4.94. The van der Waals surface area contributed by atoms with Gasteiger partial charge in [0.15, 0.2) is 0 Å². The van der Waals surface area contributed by atoms with Crippen LogP contribution in [0.15, 0.2) is 60.0 Å². The first kappa shape index (κ1) is 25.9. The highest BCUT2D eigenvalue weighted by atomic mass is 32.1. The second-order valence-electron chi connectivity index (χ2n) is 9.22. The van der Waals surface area contributed by atoms with E-state index in [1.807, 2.05) is 49.6 Å². The Morgan fingerprint density at radius 2 is 1.89 bits per heavy atom. The highest BCUT2D eigenvalue weighted by Gasteiger charge is 2.27. The number of anilines is 1. The van der Waals surface area contributed by atoms with E-state index in [0.29, 0.717) is 31.9 Å². The summed E-state index contributed by atoms with van der Waals surface area (Å²) in [5.41, 5.74) is 3.66. The molecule has 1 saturated heterocycles. The lowest BCUT2D eigenvalue weighted by atomic mass is 10.2. The summed E-state index contributed by atoms with van der Waals surface area (Å²) in [6, 6.07) is 15.4. The van der Waals surface area contributed by atoms with Gasteiger partial charge >= 0.3 is 6.03 Å². The first-order chi connectivity index (χ1) is 17.4. The van der Waals surface area contributed by atoms with Gasteiger partial charge in [0, 0.05) is 30.3 Å². The van der Waals surface area contributed by atoms with Crippen LogP contribution in [-0.2, 0) is 22.6 Å². The van der Waals surface area contributed by atoms with Crippen LogP contribution in [0.25, 0.3) is 0 Å². The predicted molar refractivity (Wildman–Crippen MR) is 140 cm³/mol. The number of ether oxygens (including phenoxy) is 1. The van der Waals surface area contributed by atoms with Crippen LogP contribution in [0.1, 0.15) is 34.4 Å². The van der Waals surface area contributed by atoms with E-state index < -0.39 is 0 Å². The van der Waals surface area contributed by atoms with Crippen LogP contribution >= 0.6 is 11.3 Å². The molecule has 1 atom stereocenters. The summed E-state index contributed by atoms with van der Waals surface area (Å²) in [7, 11) is 0. The van der Waals surface area contributed by atoms with Crippen LogP contribution in [0.2, 0.25) is 0 Å². The minimum atomic E-state index is -0.335. The fourth-order valence-electron chi connectivity index (χ4n) is 4.22. The summed E-state index contributed by atoms with van der Waals surface area (Å²) in [6.45, 7) is 5.65. The van der Waals surface area contributed by atoms with Crippen molar-refractivity contribution in [1.82, 2.24) is 9.80 Å². The minimum Gasteiger partial charge on any atom is -0.376 e. The molecular formula is C28H32FN3O3S. The van der Waals surface area contributed by atoms with E-state index in [2.05, 4.69) is 5.32 Å². The molecule has 0 bridgehead atoms. The molecule has 3 aromatic rings. The molecule has 1 unspecified atom stereocenters. The van der Waals surface area contributed by atoms with Crippen molar-refractivity contribution in [3.05, 3.63) is 87.4 Å². The molecule has 1 aliphatic heterocycles. The zero-order valence-corrected chi connectivity index (χ0v) is 21.5. The van der Waals surface area contributed by atoms with Crippen molar-refractivity contribution in [2.24, 2.45) is 0 Å². The zero-order valence-electron chi connectivity index (χ0n) is 20.7. The Morgan fingerprint density at radius 1 is 1.08 bits per heavy atom. The number of nitrogens with one attached hydrogen (secondary N) is 1. The van der Waals surface area contributed by atoms with Crippen molar-refractivity contribution >= 4 is 29.0 Å². The number of rotatable bonds is 9. The molecule has 0 spiro atoms. The summed E-state index contributed by atoms with van der Waals surface area (Å²) in [4.78, 5) is 31.3. The smallest absolute Gasteiger partial charge is 0.322 e. The number of urea groups is 1. The largest absolute Gasteiger partial charge is 0.376 e. The topological polar surface area (TPSA) is 61.9 Å². The summed E-state index contributed by atoms with van der Waals surface area (Å²) in [5.74, 6) is -0.495. The molecule has 36 heavy (non-hydrogen) atoms. The van der Waals surface area contributed by atoms with Gasteiger partial charge in [-0.05, 0) is 79.1 Å². The van der Waals surface area contributed by atoms with Gasteiger partial charge in [0.1, 0.15) is 12.4 Å². The number of halogens is 1. The second kappa shape index (κ2) is 12.1. The molecule has 3 amide bonds. The normalized spacial score (nSPS) is 15.0. The van der Waals surface area contributed by atoms with Crippen LogP contribution in [0.5, 0.6) is 0 Å². The number of carbonyl (C=O) groups excluding carboxylic acids is 2. The maximum atomic E-state index is 13.6. The van der Waals surface area contributed by atoms with Gasteiger partial charge < -0.3 is 19.9 Å². The van der Waals surface area contributed by atoms with Crippen molar-refractivity contribution in [1.29, 1.82) is 0 Å². The maximum absolute atomic E-state index is 13.6. The molecule has 1 aliphatic rings. The van der Waals surface area contributed by atoms with Gasteiger partial charge in [0.2, 0.25) is 5.91 Å². The quantitative estimate of drug-likeness (QED) is 0.400. The maximum Gasteiger partial charge on any atom is 0.322 e. The molecule has 2 heterocycles. The molecule has 2 aromatic carbocycles. The average molecular weight is 510 g/mol. The molecule has 1 N–H and O–H groups in total. The third-order valence-corrected chi connectivity index (χ3v) is 7.28. The van der Waals surface area contributed by atoms with Crippen LogP contribution in [-0.4, -0.2) is 47.5 Å². The molecule has 0 radical (unpaired) electrons. The number of thiophene rings is 1. The van der Waals surface area contributed by atoms with Crippen LogP contribution in [0.4, 0.5) is 14.9 Å². The molecule has 1 aromatic heterocycles. The standard InChI is InChI=1S/C28H32FN3O3S/c1-20-5-3-6-24(15-20)30-28(34)32(17-25-7-4-13-35-25)19-27(33)31(18-26-21(2)12-14-36-26)16-22-8-10-23(29)11-9-22/h3,5-6,8-12,14-15,25H,4,7,13,16-19H2,1-2H3,(H,30,34). The van der Waals surface area contributed by atoms with Crippen LogP contribution in [0, 0.1) is 19.7 Å². The first-order valence-corrected chi connectivity index (χ1v) is 13.0. The Morgan fingerprint density at radius 3 is 2.56 bits per heavy atom. The Labute approximate surface area is 215 Å². The summed E-state index contributed by atoms with van der Waals surface area (Å²) in [6.07, 6.45) is 1.71. The third-order valence-electron chi connectivity index (χ3n) is 6.27. The van der Waals surface area contributed by atoms with Crippen molar-refractivity contribution in [2.75, 3.05) is 25.0 Å². The van der Waals surface area contributed by atoms with E-state index in [0.717, 1.165) is 34.4 Å². The van der Waals surface area contributed by atoms with E-state index in [9.17, 15) is 14.0 Å². The highest BCUT2D eigenvalue weighted by molar-refractivity contribution is 7.10. The van der Waals surface area contributed by atoms with E-state index in [1.54, 1.807) is 33.3 Å². The second-order valence-corrected chi connectivity index (χ2v) is 10.2. The molecule has 8 heteroatoms. The van der Waals surface area contributed by atoms with E-state index in [-0.39, 0.29) is 30.4 Å².